The van der Waals surface area contributed by atoms with Crippen molar-refractivity contribution in [2.45, 2.75) is 19.3 Å². The van der Waals surface area contributed by atoms with Crippen LogP contribution in [0, 0.1) is 11.3 Å². The molecule has 2 heteroatoms. The van der Waals surface area contributed by atoms with Gasteiger partial charge in [-0.3, -0.25) is 4.98 Å². The number of nitriles is 1. The quantitative estimate of drug-likeness (QED) is 0.797. The van der Waals surface area contributed by atoms with Crippen LogP contribution in [0.3, 0.4) is 0 Å². The Kier molecular flexibility index (Phi) is 3.88. The van der Waals surface area contributed by atoms with E-state index < -0.39 is 0 Å². The van der Waals surface area contributed by atoms with E-state index in [0.29, 0.717) is 6.42 Å². The molecule has 2 rings (SSSR count). The summed E-state index contributed by atoms with van der Waals surface area (Å²) in [5.74, 6) is 0. The highest BCUT2D eigenvalue weighted by molar-refractivity contribution is 5.24. The predicted octanol–water partition coefficient (Wildman–Crippen LogP) is 2.93. The zero-order chi connectivity index (χ0) is 11.9. The highest BCUT2D eigenvalue weighted by Crippen LogP contribution is 2.10. The maximum absolute atomic E-state index is 8.75. The van der Waals surface area contributed by atoms with Gasteiger partial charge in [0.15, 0.2) is 0 Å². The first-order valence-corrected chi connectivity index (χ1v) is 5.74. The van der Waals surface area contributed by atoms with E-state index in [2.05, 4.69) is 23.2 Å². The van der Waals surface area contributed by atoms with Crippen molar-refractivity contribution in [2.24, 2.45) is 0 Å². The number of hydrogen-bond donors (Lipinski definition) is 0. The van der Waals surface area contributed by atoms with Gasteiger partial charge in [-0.05, 0) is 30.0 Å². The molecule has 0 fully saturated rings. The first kappa shape index (κ1) is 11.3. The number of rotatable bonds is 4. The van der Waals surface area contributed by atoms with E-state index in [1.807, 2.05) is 30.3 Å². The minimum absolute atomic E-state index is 0.442. The number of aromatic nitrogens is 1. The van der Waals surface area contributed by atoms with Gasteiger partial charge in [-0.25, -0.2) is 0 Å². The summed E-state index contributed by atoms with van der Waals surface area (Å²) in [5.41, 5.74) is 3.39. The second-order valence-corrected chi connectivity index (χ2v) is 3.93. The van der Waals surface area contributed by atoms with E-state index in [1.165, 1.54) is 5.56 Å². The van der Waals surface area contributed by atoms with Crippen molar-refractivity contribution in [3.63, 3.8) is 0 Å². The van der Waals surface area contributed by atoms with E-state index in [9.17, 15) is 0 Å². The molecule has 0 radical (unpaired) electrons. The molecule has 1 aromatic heterocycles. The largest absolute Gasteiger partial charge is 0.261 e. The molecule has 0 aliphatic carbocycles. The van der Waals surface area contributed by atoms with Crippen LogP contribution in [0.2, 0.25) is 0 Å². The summed E-state index contributed by atoms with van der Waals surface area (Å²) < 4.78 is 0. The second kappa shape index (κ2) is 5.81. The molecule has 0 aliphatic rings. The Morgan fingerprint density at radius 3 is 2.59 bits per heavy atom. The third kappa shape index (κ3) is 3.15. The molecule has 0 aliphatic heterocycles. The third-order valence-electron chi connectivity index (χ3n) is 2.75. The Labute approximate surface area is 102 Å². The van der Waals surface area contributed by atoms with E-state index >= 15 is 0 Å². The molecule has 17 heavy (non-hydrogen) atoms. The van der Waals surface area contributed by atoms with Crippen molar-refractivity contribution in [1.29, 1.82) is 5.26 Å². The van der Waals surface area contributed by atoms with E-state index in [4.69, 9.17) is 5.26 Å². The van der Waals surface area contributed by atoms with Crippen molar-refractivity contribution in [3.05, 3.63) is 65.5 Å². The van der Waals surface area contributed by atoms with E-state index in [-0.39, 0.29) is 0 Å². The molecule has 0 atom stereocenters. The van der Waals surface area contributed by atoms with Crippen LogP contribution >= 0.6 is 0 Å². The van der Waals surface area contributed by atoms with Gasteiger partial charge in [-0.2, -0.15) is 5.26 Å². The lowest BCUT2D eigenvalue weighted by Crippen LogP contribution is -1.99. The zero-order valence-electron chi connectivity index (χ0n) is 9.63. The van der Waals surface area contributed by atoms with Gasteiger partial charge in [0.2, 0.25) is 0 Å². The monoisotopic (exact) mass is 222 g/mol. The molecule has 1 aromatic carbocycles. The Hall–Kier alpha value is -2.14. The molecular weight excluding hydrogens is 208 g/mol. The van der Waals surface area contributed by atoms with Gasteiger partial charge in [0.25, 0.3) is 0 Å². The number of hydrogen-bond acceptors (Lipinski definition) is 2. The SMILES string of the molecule is N#CCc1cccnc1CCc1ccccc1. The summed E-state index contributed by atoms with van der Waals surface area (Å²) in [5, 5.41) is 8.75. The Balaban J connectivity index is 2.07. The summed E-state index contributed by atoms with van der Waals surface area (Å²) in [4.78, 5) is 4.36. The van der Waals surface area contributed by atoms with Crippen LogP contribution in [0.1, 0.15) is 16.8 Å². The standard InChI is InChI=1S/C15H14N2/c16-11-10-14-7-4-12-17-15(14)9-8-13-5-2-1-3-6-13/h1-7,12H,8-10H2. The van der Waals surface area contributed by atoms with E-state index in [1.54, 1.807) is 6.20 Å². The molecule has 0 spiro atoms. The van der Waals surface area contributed by atoms with Crippen molar-refractivity contribution in [1.82, 2.24) is 4.98 Å². The maximum atomic E-state index is 8.75. The average molecular weight is 222 g/mol. The molecule has 0 saturated carbocycles. The molecular formula is C15H14N2. The molecule has 0 N–H and O–H groups in total. The van der Waals surface area contributed by atoms with E-state index in [0.717, 1.165) is 24.1 Å². The van der Waals surface area contributed by atoms with Crippen molar-refractivity contribution >= 4 is 0 Å². The fraction of sp³-hybridized carbons (Fsp3) is 0.200. The highest BCUT2D eigenvalue weighted by atomic mass is 14.7. The van der Waals surface area contributed by atoms with Crippen LogP contribution in [-0.4, -0.2) is 4.98 Å². The van der Waals surface area contributed by atoms with Crippen molar-refractivity contribution in [2.75, 3.05) is 0 Å². The fourth-order valence-corrected chi connectivity index (χ4v) is 1.85. The fourth-order valence-electron chi connectivity index (χ4n) is 1.85. The molecule has 0 amide bonds. The Morgan fingerprint density at radius 2 is 1.82 bits per heavy atom. The normalized spacial score (nSPS) is 9.82. The Morgan fingerprint density at radius 1 is 1.00 bits per heavy atom. The van der Waals surface area contributed by atoms with Crippen LogP contribution in [-0.2, 0) is 19.3 Å². The lowest BCUT2D eigenvalue weighted by atomic mass is 10.0. The molecule has 84 valence electrons. The molecule has 2 nitrogen and oxygen atoms in total. The van der Waals surface area contributed by atoms with Gasteiger partial charge >= 0.3 is 0 Å². The summed E-state index contributed by atoms with van der Waals surface area (Å²) in [6.45, 7) is 0. The smallest absolute Gasteiger partial charge is 0.0670 e. The van der Waals surface area contributed by atoms with Crippen LogP contribution in [0.4, 0.5) is 0 Å². The van der Waals surface area contributed by atoms with Crippen LogP contribution < -0.4 is 0 Å². The predicted molar refractivity (Wildman–Crippen MR) is 67.4 cm³/mol. The summed E-state index contributed by atoms with van der Waals surface area (Å²) in [7, 11) is 0. The minimum Gasteiger partial charge on any atom is -0.261 e. The number of aryl methyl sites for hydroxylation is 2. The van der Waals surface area contributed by atoms with Crippen molar-refractivity contribution < 1.29 is 0 Å². The van der Waals surface area contributed by atoms with Gasteiger partial charge in [-0.1, -0.05) is 36.4 Å². The Bertz CT molecular complexity index is 512. The van der Waals surface area contributed by atoms with Gasteiger partial charge in [0, 0.05) is 11.9 Å². The summed E-state index contributed by atoms with van der Waals surface area (Å²) >= 11 is 0. The molecule has 0 saturated heterocycles. The number of pyridine rings is 1. The summed E-state index contributed by atoms with van der Waals surface area (Å²) in [6, 6.07) is 16.4. The first-order valence-electron chi connectivity index (χ1n) is 5.74. The minimum atomic E-state index is 0.442. The molecule has 0 bridgehead atoms. The van der Waals surface area contributed by atoms with Crippen LogP contribution in [0.5, 0.6) is 0 Å². The van der Waals surface area contributed by atoms with Gasteiger partial charge in [0.05, 0.1) is 12.5 Å². The lowest BCUT2D eigenvalue weighted by Gasteiger charge is -2.05. The van der Waals surface area contributed by atoms with Gasteiger partial charge in [0.1, 0.15) is 0 Å². The van der Waals surface area contributed by atoms with Gasteiger partial charge < -0.3 is 0 Å². The topological polar surface area (TPSA) is 36.7 Å². The second-order valence-electron chi connectivity index (χ2n) is 3.93. The van der Waals surface area contributed by atoms with Gasteiger partial charge in [-0.15, -0.1) is 0 Å². The van der Waals surface area contributed by atoms with Crippen LogP contribution in [0.15, 0.2) is 48.7 Å². The van der Waals surface area contributed by atoms with Crippen LogP contribution in [0.25, 0.3) is 0 Å². The third-order valence-corrected chi connectivity index (χ3v) is 2.75. The lowest BCUT2D eigenvalue weighted by molar-refractivity contribution is 0.892. The zero-order valence-corrected chi connectivity index (χ0v) is 9.63. The first-order chi connectivity index (χ1) is 8.40. The van der Waals surface area contributed by atoms with Crippen molar-refractivity contribution in [3.8, 4) is 6.07 Å². The highest BCUT2D eigenvalue weighted by Gasteiger charge is 2.03. The molecule has 1 heterocycles. The molecule has 0 unspecified atom stereocenters. The number of nitrogens with zero attached hydrogens (tertiary/aromatic N) is 2. The summed E-state index contributed by atoms with van der Waals surface area (Å²) in [6.07, 6.45) is 4.09. The molecule has 2 aromatic rings. The number of benzene rings is 1. The average Bonchev–Trinajstić information content (AvgIpc) is 2.39. The maximum Gasteiger partial charge on any atom is 0.0670 e.